The standard InChI is InChI=1S/C12H14ClN3O4/c1-2-5-14-11(17)7-15-12(18)9-4-3-8(13)6-10(9)16(19)20/h3-4,6H,2,5,7H2,1H3,(H,14,17)(H,15,18). The number of nitrogens with zero attached hydrogens (tertiary/aromatic N) is 1. The maximum atomic E-state index is 11.8. The van der Waals surface area contributed by atoms with Crippen LogP contribution >= 0.6 is 11.6 Å². The van der Waals surface area contributed by atoms with Crippen molar-refractivity contribution < 1.29 is 14.5 Å². The molecule has 0 heterocycles. The summed E-state index contributed by atoms with van der Waals surface area (Å²) < 4.78 is 0. The van der Waals surface area contributed by atoms with Crippen LogP contribution in [0, 0.1) is 10.1 Å². The molecule has 0 fully saturated rings. The number of nitrogens with one attached hydrogen (secondary N) is 2. The highest BCUT2D eigenvalue weighted by Gasteiger charge is 2.20. The Bertz CT molecular complexity index is 533. The molecule has 1 aromatic carbocycles. The minimum Gasteiger partial charge on any atom is -0.355 e. The lowest BCUT2D eigenvalue weighted by Crippen LogP contribution is -2.37. The van der Waals surface area contributed by atoms with Crippen LogP contribution in [-0.4, -0.2) is 29.8 Å². The normalized spacial score (nSPS) is 9.90. The van der Waals surface area contributed by atoms with E-state index in [1.54, 1.807) is 0 Å². The van der Waals surface area contributed by atoms with Gasteiger partial charge in [-0.15, -0.1) is 0 Å². The Morgan fingerprint density at radius 1 is 1.35 bits per heavy atom. The molecule has 0 saturated heterocycles. The van der Waals surface area contributed by atoms with E-state index in [4.69, 9.17) is 11.6 Å². The topological polar surface area (TPSA) is 101 Å². The van der Waals surface area contributed by atoms with Gasteiger partial charge in [-0.1, -0.05) is 18.5 Å². The smallest absolute Gasteiger partial charge is 0.283 e. The Kier molecular flexibility index (Phi) is 5.92. The summed E-state index contributed by atoms with van der Waals surface area (Å²) >= 11 is 5.65. The van der Waals surface area contributed by atoms with Gasteiger partial charge >= 0.3 is 0 Å². The number of benzene rings is 1. The van der Waals surface area contributed by atoms with Crippen molar-refractivity contribution in [3.8, 4) is 0 Å². The van der Waals surface area contributed by atoms with Crippen molar-refractivity contribution in [3.05, 3.63) is 38.9 Å². The lowest BCUT2D eigenvalue weighted by atomic mass is 10.1. The summed E-state index contributed by atoms with van der Waals surface area (Å²) in [6, 6.07) is 3.72. The fourth-order valence-corrected chi connectivity index (χ4v) is 1.60. The molecule has 1 aromatic rings. The number of nitro groups is 1. The Labute approximate surface area is 120 Å². The van der Waals surface area contributed by atoms with Gasteiger partial charge in [-0.25, -0.2) is 0 Å². The molecule has 108 valence electrons. The number of carbonyl (C=O) groups is 2. The summed E-state index contributed by atoms with van der Waals surface area (Å²) in [4.78, 5) is 33.3. The van der Waals surface area contributed by atoms with Gasteiger partial charge in [0.25, 0.3) is 11.6 Å². The molecule has 8 heteroatoms. The number of hydrogen-bond donors (Lipinski definition) is 2. The molecule has 1 rings (SSSR count). The van der Waals surface area contributed by atoms with Crippen molar-refractivity contribution in [2.75, 3.05) is 13.1 Å². The first-order chi connectivity index (χ1) is 9.45. The molecule has 2 N–H and O–H groups in total. The molecule has 7 nitrogen and oxygen atoms in total. The third-order valence-electron chi connectivity index (χ3n) is 2.38. The van der Waals surface area contributed by atoms with Gasteiger partial charge < -0.3 is 10.6 Å². The first-order valence-electron chi connectivity index (χ1n) is 5.94. The maximum Gasteiger partial charge on any atom is 0.283 e. The predicted octanol–water partition coefficient (Wildman–Crippen LogP) is 1.50. The van der Waals surface area contributed by atoms with Crippen molar-refractivity contribution in [2.45, 2.75) is 13.3 Å². The average molecular weight is 300 g/mol. The van der Waals surface area contributed by atoms with Gasteiger partial charge in [0.2, 0.25) is 5.91 Å². The molecule has 0 spiro atoms. The first-order valence-corrected chi connectivity index (χ1v) is 6.32. The molecule has 0 saturated carbocycles. The third kappa shape index (κ3) is 4.51. The predicted molar refractivity (Wildman–Crippen MR) is 73.7 cm³/mol. The number of nitro benzene ring substituents is 1. The number of carbonyl (C=O) groups excluding carboxylic acids is 2. The summed E-state index contributed by atoms with van der Waals surface area (Å²) in [6.07, 6.45) is 0.780. The first kappa shape index (κ1) is 15.9. The lowest BCUT2D eigenvalue weighted by Gasteiger charge is -2.06. The summed E-state index contributed by atoms with van der Waals surface area (Å²) in [7, 11) is 0. The van der Waals surface area contributed by atoms with Gasteiger partial charge in [0.1, 0.15) is 5.56 Å². The van der Waals surface area contributed by atoms with E-state index in [-0.39, 0.29) is 23.0 Å². The zero-order chi connectivity index (χ0) is 15.1. The van der Waals surface area contributed by atoms with E-state index in [0.717, 1.165) is 12.5 Å². The van der Waals surface area contributed by atoms with Crippen molar-refractivity contribution >= 4 is 29.1 Å². The highest BCUT2D eigenvalue weighted by molar-refractivity contribution is 6.31. The van der Waals surface area contributed by atoms with Crippen LogP contribution in [0.2, 0.25) is 5.02 Å². The van der Waals surface area contributed by atoms with Gasteiger partial charge in [0.05, 0.1) is 11.5 Å². The zero-order valence-corrected chi connectivity index (χ0v) is 11.6. The van der Waals surface area contributed by atoms with E-state index >= 15 is 0 Å². The quantitative estimate of drug-likeness (QED) is 0.614. The van der Waals surface area contributed by atoms with Crippen LogP contribution in [0.1, 0.15) is 23.7 Å². The highest BCUT2D eigenvalue weighted by Crippen LogP contribution is 2.22. The minimum atomic E-state index is -0.696. The molecule has 20 heavy (non-hydrogen) atoms. The molecule has 0 bridgehead atoms. The second-order valence-corrected chi connectivity index (χ2v) is 4.39. The van der Waals surface area contributed by atoms with E-state index in [2.05, 4.69) is 10.6 Å². The molecule has 0 radical (unpaired) electrons. The maximum absolute atomic E-state index is 11.8. The van der Waals surface area contributed by atoms with E-state index in [9.17, 15) is 19.7 Å². The number of hydrogen-bond acceptors (Lipinski definition) is 4. The van der Waals surface area contributed by atoms with Crippen LogP contribution in [0.4, 0.5) is 5.69 Å². The van der Waals surface area contributed by atoms with Gasteiger partial charge in [-0.3, -0.25) is 19.7 Å². The molecule has 0 aliphatic carbocycles. The summed E-state index contributed by atoms with van der Waals surface area (Å²) in [5, 5.41) is 15.9. The minimum absolute atomic E-state index is 0.136. The average Bonchev–Trinajstić information content (AvgIpc) is 2.42. The summed E-state index contributed by atoms with van der Waals surface area (Å²) in [6.45, 7) is 2.17. The molecular formula is C12H14ClN3O4. The largest absolute Gasteiger partial charge is 0.355 e. The van der Waals surface area contributed by atoms with E-state index < -0.39 is 16.5 Å². The van der Waals surface area contributed by atoms with Crippen molar-refractivity contribution in [3.63, 3.8) is 0 Å². The molecule has 2 amide bonds. The second kappa shape index (κ2) is 7.44. The van der Waals surface area contributed by atoms with Crippen LogP contribution in [0.3, 0.4) is 0 Å². The fourth-order valence-electron chi connectivity index (χ4n) is 1.43. The van der Waals surface area contributed by atoms with Crippen LogP contribution in [-0.2, 0) is 4.79 Å². The zero-order valence-electron chi connectivity index (χ0n) is 10.8. The third-order valence-corrected chi connectivity index (χ3v) is 2.62. The Balaban J connectivity index is 2.73. The summed E-state index contributed by atoms with van der Waals surface area (Å²) in [5.41, 5.74) is -0.536. The van der Waals surface area contributed by atoms with Crippen LogP contribution in [0.25, 0.3) is 0 Å². The highest BCUT2D eigenvalue weighted by atomic mass is 35.5. The molecule has 0 aliphatic heterocycles. The van der Waals surface area contributed by atoms with Crippen molar-refractivity contribution in [1.29, 1.82) is 0 Å². The van der Waals surface area contributed by atoms with Crippen molar-refractivity contribution in [1.82, 2.24) is 10.6 Å². The van der Waals surface area contributed by atoms with Gasteiger partial charge in [-0.05, 0) is 18.6 Å². The van der Waals surface area contributed by atoms with Crippen LogP contribution in [0.5, 0.6) is 0 Å². The SMILES string of the molecule is CCCNC(=O)CNC(=O)c1ccc(Cl)cc1[N+](=O)[O-]. The summed E-state index contributed by atoms with van der Waals surface area (Å²) in [5.74, 6) is -1.04. The Morgan fingerprint density at radius 2 is 2.05 bits per heavy atom. The Morgan fingerprint density at radius 3 is 2.65 bits per heavy atom. The van der Waals surface area contributed by atoms with Gasteiger partial charge in [0.15, 0.2) is 0 Å². The Hall–Kier alpha value is -2.15. The molecule has 0 atom stereocenters. The van der Waals surface area contributed by atoms with Gasteiger partial charge in [0, 0.05) is 17.6 Å². The van der Waals surface area contributed by atoms with Crippen molar-refractivity contribution in [2.24, 2.45) is 0 Å². The number of rotatable bonds is 6. The number of halogens is 1. The molecular weight excluding hydrogens is 286 g/mol. The fraction of sp³-hybridized carbons (Fsp3) is 0.333. The van der Waals surface area contributed by atoms with E-state index in [1.807, 2.05) is 6.92 Å². The lowest BCUT2D eigenvalue weighted by molar-refractivity contribution is -0.385. The van der Waals surface area contributed by atoms with E-state index in [1.165, 1.54) is 12.1 Å². The second-order valence-electron chi connectivity index (χ2n) is 3.95. The molecule has 0 unspecified atom stereocenters. The molecule has 0 aromatic heterocycles. The van der Waals surface area contributed by atoms with Crippen LogP contribution < -0.4 is 10.6 Å². The van der Waals surface area contributed by atoms with E-state index in [0.29, 0.717) is 6.54 Å². The van der Waals surface area contributed by atoms with Crippen LogP contribution in [0.15, 0.2) is 18.2 Å². The monoisotopic (exact) mass is 299 g/mol. The number of amides is 2. The molecule has 0 aliphatic rings. The van der Waals surface area contributed by atoms with Gasteiger partial charge in [-0.2, -0.15) is 0 Å².